The van der Waals surface area contributed by atoms with Crippen LogP contribution in [0.5, 0.6) is 5.75 Å². The summed E-state index contributed by atoms with van der Waals surface area (Å²) in [6.07, 6.45) is -4.16. The third-order valence-electron chi connectivity index (χ3n) is 6.21. The van der Waals surface area contributed by atoms with Crippen molar-refractivity contribution in [2.75, 3.05) is 11.5 Å². The Hall–Kier alpha value is -3.10. The van der Waals surface area contributed by atoms with Crippen molar-refractivity contribution in [2.45, 2.75) is 44.6 Å². The molecule has 0 spiro atoms. The molecule has 14 heteroatoms. The molecular weight excluding hydrogens is 525 g/mol. The van der Waals surface area contributed by atoms with Gasteiger partial charge in [0.15, 0.2) is 0 Å². The number of nitrogens with zero attached hydrogens (tertiary/aromatic N) is 2. The summed E-state index contributed by atoms with van der Waals surface area (Å²) in [4.78, 5) is 26.1. The molecule has 8 nitrogen and oxygen atoms in total. The van der Waals surface area contributed by atoms with Gasteiger partial charge in [-0.2, -0.15) is 32.5 Å². The van der Waals surface area contributed by atoms with Crippen LogP contribution < -0.4 is 15.7 Å². The van der Waals surface area contributed by atoms with Gasteiger partial charge in [-0.25, -0.2) is 4.79 Å². The third-order valence-corrected chi connectivity index (χ3v) is 7.92. The predicted octanol–water partition coefficient (Wildman–Crippen LogP) is 4.99. The van der Waals surface area contributed by atoms with Gasteiger partial charge in [0.25, 0.3) is 5.91 Å². The van der Waals surface area contributed by atoms with E-state index in [2.05, 4.69) is 10.1 Å². The average Bonchev–Trinajstić information content (AvgIpc) is 3.05. The van der Waals surface area contributed by atoms with Gasteiger partial charge in [-0.05, 0) is 50.1 Å². The summed E-state index contributed by atoms with van der Waals surface area (Å²) in [5.41, 5.74) is -2.00. The molecule has 3 aromatic rings. The SMILES string of the molecule is CC1(NC(=O)c2ccc3c(c2)n(CC(F)(F)F)c(=O)n3-c2cccc(OC(F)F)c2)CCS(O)(O)CC1. The predicted molar refractivity (Wildman–Crippen MR) is 128 cm³/mol. The Bertz CT molecular complexity index is 1380. The molecule has 1 saturated heterocycles. The number of imidazole rings is 1. The number of rotatable bonds is 6. The van der Waals surface area contributed by atoms with Gasteiger partial charge < -0.3 is 10.1 Å². The van der Waals surface area contributed by atoms with E-state index in [1.807, 2.05) is 0 Å². The molecule has 202 valence electrons. The van der Waals surface area contributed by atoms with Crippen LogP contribution in [0.3, 0.4) is 0 Å². The second-order valence-electron chi connectivity index (χ2n) is 9.12. The number of halogens is 5. The number of hydrogen-bond acceptors (Lipinski definition) is 5. The quantitative estimate of drug-likeness (QED) is 0.376. The molecule has 3 N–H and O–H groups in total. The Labute approximate surface area is 209 Å². The monoisotopic (exact) mass is 549 g/mol. The van der Waals surface area contributed by atoms with Crippen LogP contribution in [0.25, 0.3) is 16.7 Å². The van der Waals surface area contributed by atoms with Crippen molar-refractivity contribution < 1.29 is 40.6 Å². The molecule has 1 amide bonds. The van der Waals surface area contributed by atoms with Gasteiger partial charge in [0.05, 0.1) is 16.7 Å². The number of benzene rings is 2. The van der Waals surface area contributed by atoms with Crippen molar-refractivity contribution in [3.8, 4) is 11.4 Å². The number of aromatic nitrogens is 2. The number of fused-ring (bicyclic) bond motifs is 1. The zero-order valence-corrected chi connectivity index (χ0v) is 20.3. The van der Waals surface area contributed by atoms with Gasteiger partial charge in [-0.3, -0.25) is 23.0 Å². The second kappa shape index (κ2) is 9.65. The van der Waals surface area contributed by atoms with Crippen LogP contribution in [-0.4, -0.2) is 54.0 Å². The Morgan fingerprint density at radius 1 is 1.14 bits per heavy atom. The second-order valence-corrected chi connectivity index (χ2v) is 11.5. The summed E-state index contributed by atoms with van der Waals surface area (Å²) in [6, 6.07) is 8.78. The third kappa shape index (κ3) is 6.08. The maximum Gasteiger partial charge on any atom is 0.406 e. The van der Waals surface area contributed by atoms with E-state index in [0.29, 0.717) is 17.4 Å². The van der Waals surface area contributed by atoms with E-state index < -0.39 is 47.1 Å². The minimum Gasteiger partial charge on any atom is -0.435 e. The van der Waals surface area contributed by atoms with Crippen molar-refractivity contribution >= 4 is 27.5 Å². The number of carbonyl (C=O) groups is 1. The number of carbonyl (C=O) groups excluding carboxylic acids is 1. The summed E-state index contributed by atoms with van der Waals surface area (Å²) >= 11 is 0. The molecule has 0 radical (unpaired) electrons. The first kappa shape index (κ1) is 26.9. The Balaban J connectivity index is 1.76. The normalized spacial score (nSPS) is 18.1. The van der Waals surface area contributed by atoms with Crippen LogP contribution in [0.4, 0.5) is 22.0 Å². The van der Waals surface area contributed by atoms with E-state index in [4.69, 9.17) is 0 Å². The topological polar surface area (TPSA) is 106 Å². The number of amides is 1. The molecule has 1 aliphatic heterocycles. The van der Waals surface area contributed by atoms with Gasteiger partial charge in [0.2, 0.25) is 0 Å². The summed E-state index contributed by atoms with van der Waals surface area (Å²) < 4.78 is 90.8. The highest BCUT2D eigenvalue weighted by Crippen LogP contribution is 2.46. The van der Waals surface area contributed by atoms with Crippen molar-refractivity contribution in [1.82, 2.24) is 14.5 Å². The average molecular weight is 550 g/mol. The van der Waals surface area contributed by atoms with Crippen molar-refractivity contribution in [3.63, 3.8) is 0 Å². The number of hydrogen-bond donors (Lipinski definition) is 3. The molecule has 0 aliphatic carbocycles. The summed E-state index contributed by atoms with van der Waals surface area (Å²) in [6.45, 7) is -3.04. The largest absolute Gasteiger partial charge is 0.435 e. The summed E-state index contributed by atoms with van der Waals surface area (Å²) in [7, 11) is -2.69. The first-order valence-corrected chi connectivity index (χ1v) is 13.0. The molecule has 2 aromatic carbocycles. The fourth-order valence-corrected chi connectivity index (χ4v) is 6.01. The molecule has 0 bridgehead atoms. The van der Waals surface area contributed by atoms with E-state index >= 15 is 0 Å². The zero-order valence-electron chi connectivity index (χ0n) is 19.5. The first-order valence-electron chi connectivity index (χ1n) is 11.1. The lowest BCUT2D eigenvalue weighted by Crippen LogP contribution is -2.50. The van der Waals surface area contributed by atoms with Crippen LogP contribution in [-0.2, 0) is 6.54 Å². The minimum absolute atomic E-state index is 0.0000156. The molecular formula is C23H24F5N3O5S. The molecule has 0 unspecified atom stereocenters. The lowest BCUT2D eigenvalue weighted by atomic mass is 9.94. The van der Waals surface area contributed by atoms with Crippen LogP contribution in [0.2, 0.25) is 0 Å². The highest BCUT2D eigenvalue weighted by molar-refractivity contribution is 8.24. The van der Waals surface area contributed by atoms with Crippen molar-refractivity contribution in [2.24, 2.45) is 0 Å². The maximum atomic E-state index is 13.4. The van der Waals surface area contributed by atoms with Gasteiger partial charge in [-0.15, -0.1) is 0 Å². The molecule has 1 aromatic heterocycles. The Kier molecular flexibility index (Phi) is 7.03. The molecule has 1 aliphatic rings. The number of ether oxygens (including phenoxy) is 1. The van der Waals surface area contributed by atoms with Crippen LogP contribution in [0.15, 0.2) is 47.3 Å². The Morgan fingerprint density at radius 3 is 2.43 bits per heavy atom. The van der Waals surface area contributed by atoms with E-state index in [1.165, 1.54) is 30.3 Å². The van der Waals surface area contributed by atoms with Gasteiger partial charge in [0, 0.05) is 28.7 Å². The number of alkyl halides is 5. The highest BCUT2D eigenvalue weighted by atomic mass is 32.3. The lowest BCUT2D eigenvalue weighted by Gasteiger charge is -2.44. The zero-order chi connectivity index (χ0) is 27.2. The summed E-state index contributed by atoms with van der Waals surface area (Å²) in [5.74, 6) is -0.658. The standard InChI is InChI=1S/C23H24F5N3O5S/c1-22(7-9-37(34,35)10-8-22)29-19(32)14-5-6-17-18(11-14)30(13-23(26,27)28)21(33)31(17)15-3-2-4-16(12-15)36-20(24)25/h2-6,11-12,20,34-35H,7-10,13H2,1H3,(H,29,32). The van der Waals surface area contributed by atoms with Gasteiger partial charge >= 0.3 is 18.5 Å². The molecule has 0 saturated carbocycles. The van der Waals surface area contributed by atoms with E-state index in [9.17, 15) is 40.6 Å². The minimum atomic E-state index is -4.76. The van der Waals surface area contributed by atoms with Gasteiger partial charge in [0.1, 0.15) is 12.3 Å². The van der Waals surface area contributed by atoms with Gasteiger partial charge in [-0.1, -0.05) is 6.07 Å². The fourth-order valence-electron chi connectivity index (χ4n) is 4.25. The molecule has 1 fully saturated rings. The molecule has 2 heterocycles. The highest BCUT2D eigenvalue weighted by Gasteiger charge is 2.35. The lowest BCUT2D eigenvalue weighted by molar-refractivity contribution is -0.140. The smallest absolute Gasteiger partial charge is 0.406 e. The van der Waals surface area contributed by atoms with Crippen LogP contribution >= 0.6 is 10.6 Å². The first-order chi connectivity index (χ1) is 17.2. The molecule has 4 rings (SSSR count). The van der Waals surface area contributed by atoms with E-state index in [-0.39, 0.29) is 39.5 Å². The summed E-state index contributed by atoms with van der Waals surface area (Å²) in [5, 5.41) is 2.81. The maximum absolute atomic E-state index is 13.4. The number of nitrogens with one attached hydrogen (secondary N) is 1. The molecule has 37 heavy (non-hydrogen) atoms. The van der Waals surface area contributed by atoms with Crippen LogP contribution in [0.1, 0.15) is 30.1 Å². The van der Waals surface area contributed by atoms with Crippen LogP contribution in [0, 0.1) is 0 Å². The van der Waals surface area contributed by atoms with Crippen molar-refractivity contribution in [3.05, 3.63) is 58.5 Å². The molecule has 0 atom stereocenters. The Morgan fingerprint density at radius 2 is 1.81 bits per heavy atom. The van der Waals surface area contributed by atoms with E-state index in [0.717, 1.165) is 16.7 Å². The van der Waals surface area contributed by atoms with E-state index in [1.54, 1.807) is 6.92 Å². The van der Waals surface area contributed by atoms with Crippen molar-refractivity contribution in [1.29, 1.82) is 0 Å². The fraction of sp³-hybridized carbons (Fsp3) is 0.391.